The highest BCUT2D eigenvalue weighted by Crippen LogP contribution is 2.30. The van der Waals surface area contributed by atoms with E-state index in [1.165, 1.54) is 16.7 Å². The van der Waals surface area contributed by atoms with Crippen LogP contribution in [0.3, 0.4) is 0 Å². The molecule has 0 atom stereocenters. The van der Waals surface area contributed by atoms with Crippen molar-refractivity contribution in [3.05, 3.63) is 54.8 Å². The zero-order valence-electron chi connectivity index (χ0n) is 19.0. The molecule has 0 saturated carbocycles. The molecule has 0 saturated heterocycles. The number of rotatable bonds is 4. The zero-order chi connectivity index (χ0) is 23.6. The summed E-state index contributed by atoms with van der Waals surface area (Å²) in [5.41, 5.74) is -0.737. The molecule has 7 heteroatoms. The van der Waals surface area contributed by atoms with Crippen LogP contribution in [0.2, 0.25) is 0 Å². The molecular weight excluding hydrogens is 396 g/mol. The third-order valence-electron chi connectivity index (χ3n) is 4.07. The minimum atomic E-state index is -0.839. The molecule has 2 amide bonds. The van der Waals surface area contributed by atoms with Crippen molar-refractivity contribution < 1.29 is 23.9 Å². The third-order valence-corrected chi connectivity index (χ3v) is 4.07. The van der Waals surface area contributed by atoms with E-state index in [9.17, 15) is 14.4 Å². The molecule has 0 aliphatic rings. The van der Waals surface area contributed by atoms with Crippen LogP contribution in [-0.2, 0) is 9.47 Å². The van der Waals surface area contributed by atoms with Crippen LogP contribution in [0.25, 0.3) is 17.0 Å². The molecule has 1 aromatic carbocycles. The molecule has 1 heterocycles. The number of amides is 2. The number of hydrogen-bond donors (Lipinski definition) is 0. The zero-order valence-corrected chi connectivity index (χ0v) is 19.0. The number of imide groups is 1. The first-order chi connectivity index (χ1) is 14.3. The Morgan fingerprint density at radius 3 is 2.10 bits per heavy atom. The summed E-state index contributed by atoms with van der Waals surface area (Å²) in [6.45, 7) is 17.6. The van der Waals surface area contributed by atoms with E-state index in [-0.39, 0.29) is 12.2 Å². The van der Waals surface area contributed by atoms with Gasteiger partial charge in [-0.2, -0.15) is 0 Å². The molecule has 0 N–H and O–H groups in total. The first kappa shape index (κ1) is 23.9. The molecule has 1 aromatic heterocycles. The van der Waals surface area contributed by atoms with Gasteiger partial charge in [-0.25, -0.2) is 19.1 Å². The molecule has 166 valence electrons. The van der Waals surface area contributed by atoms with Gasteiger partial charge in [-0.3, -0.25) is 4.79 Å². The van der Waals surface area contributed by atoms with Gasteiger partial charge in [-0.15, -0.1) is 6.58 Å². The van der Waals surface area contributed by atoms with Gasteiger partial charge in [0.25, 0.3) is 5.91 Å². The number of aromatic nitrogens is 1. The Balaban J connectivity index is 2.73. The predicted octanol–water partition coefficient (Wildman–Crippen LogP) is 5.63. The summed E-state index contributed by atoms with van der Waals surface area (Å²) in [5.74, 6) is -0.717. The van der Waals surface area contributed by atoms with Crippen molar-refractivity contribution in [2.75, 3.05) is 6.54 Å². The summed E-state index contributed by atoms with van der Waals surface area (Å²) >= 11 is 0. The molecule has 7 nitrogen and oxygen atoms in total. The topological polar surface area (TPSA) is 77.8 Å². The van der Waals surface area contributed by atoms with E-state index in [1.54, 1.807) is 65.8 Å². The van der Waals surface area contributed by atoms with Crippen molar-refractivity contribution in [1.82, 2.24) is 9.47 Å². The van der Waals surface area contributed by atoms with Crippen LogP contribution >= 0.6 is 0 Å². The average Bonchev–Trinajstić information content (AvgIpc) is 2.97. The second kappa shape index (κ2) is 8.79. The summed E-state index contributed by atoms with van der Waals surface area (Å²) in [4.78, 5) is 40.4. The lowest BCUT2D eigenvalue weighted by atomic mass is 10.1. The maximum Gasteiger partial charge on any atom is 0.419 e. The van der Waals surface area contributed by atoms with Crippen molar-refractivity contribution >= 4 is 35.1 Å². The van der Waals surface area contributed by atoms with Crippen molar-refractivity contribution in [3.63, 3.8) is 0 Å². The second-order valence-electron chi connectivity index (χ2n) is 8.98. The number of benzene rings is 1. The van der Waals surface area contributed by atoms with Gasteiger partial charge >= 0.3 is 12.2 Å². The van der Waals surface area contributed by atoms with Gasteiger partial charge in [-0.05, 0) is 47.6 Å². The summed E-state index contributed by atoms with van der Waals surface area (Å²) in [7, 11) is 0. The Labute approximate surface area is 182 Å². The lowest BCUT2D eigenvalue weighted by Crippen LogP contribution is -2.42. The fourth-order valence-electron chi connectivity index (χ4n) is 2.99. The molecule has 0 aliphatic carbocycles. The minimum absolute atomic E-state index is 0.0295. The van der Waals surface area contributed by atoms with Gasteiger partial charge in [0.1, 0.15) is 16.9 Å². The quantitative estimate of drug-likeness (QED) is 0.592. The van der Waals surface area contributed by atoms with E-state index >= 15 is 0 Å². The molecular formula is C24H30N2O5. The number of hydrogen-bond acceptors (Lipinski definition) is 5. The molecule has 0 bridgehead atoms. The molecule has 2 aromatic rings. The molecule has 0 aliphatic heterocycles. The minimum Gasteiger partial charge on any atom is -0.443 e. The van der Waals surface area contributed by atoms with Crippen LogP contribution in [0.15, 0.2) is 43.5 Å². The van der Waals surface area contributed by atoms with E-state index in [0.29, 0.717) is 16.5 Å². The monoisotopic (exact) mass is 426 g/mol. The molecule has 2 rings (SSSR count). The molecule has 0 spiro atoms. The van der Waals surface area contributed by atoms with Gasteiger partial charge in [-0.1, -0.05) is 36.9 Å². The Morgan fingerprint density at radius 1 is 1.00 bits per heavy atom. The second-order valence-corrected chi connectivity index (χ2v) is 8.98. The predicted molar refractivity (Wildman–Crippen MR) is 121 cm³/mol. The summed E-state index contributed by atoms with van der Waals surface area (Å²) < 4.78 is 12.1. The fraction of sp³-hybridized carbons (Fsp3) is 0.375. The van der Waals surface area contributed by atoms with Gasteiger partial charge in [0.05, 0.1) is 12.1 Å². The lowest BCUT2D eigenvalue weighted by molar-refractivity contribution is 0.0250. The maximum absolute atomic E-state index is 13.6. The first-order valence-corrected chi connectivity index (χ1v) is 9.95. The highest BCUT2D eigenvalue weighted by Gasteiger charge is 2.34. The van der Waals surface area contributed by atoms with Crippen molar-refractivity contribution in [2.45, 2.75) is 52.7 Å². The summed E-state index contributed by atoms with van der Waals surface area (Å²) in [5, 5.41) is 0.634. The third kappa shape index (κ3) is 5.42. The smallest absolute Gasteiger partial charge is 0.419 e. The van der Waals surface area contributed by atoms with E-state index in [2.05, 4.69) is 13.2 Å². The van der Waals surface area contributed by atoms with Gasteiger partial charge in [0, 0.05) is 10.9 Å². The normalized spacial score (nSPS) is 11.7. The number of ether oxygens (including phenoxy) is 2. The molecule has 0 unspecified atom stereocenters. The van der Waals surface area contributed by atoms with Gasteiger partial charge < -0.3 is 9.47 Å². The van der Waals surface area contributed by atoms with Crippen LogP contribution in [0.5, 0.6) is 0 Å². The van der Waals surface area contributed by atoms with Crippen molar-refractivity contribution in [3.8, 4) is 0 Å². The standard InChI is InChI=1S/C24H30N2O5/c1-9-15-25(21(28)30-23(3,4)5)20(27)19-16(10-2)17-13-11-12-14-18(17)26(19)22(29)31-24(6,7)8/h9-14H,1-2,15H2,3-8H3. The highest BCUT2D eigenvalue weighted by atomic mass is 16.6. The van der Waals surface area contributed by atoms with E-state index in [0.717, 1.165) is 4.90 Å². The van der Waals surface area contributed by atoms with Gasteiger partial charge in [0.15, 0.2) is 0 Å². The SMILES string of the molecule is C=CCN(C(=O)OC(C)(C)C)C(=O)c1c(C=C)c2ccccc2n1C(=O)OC(C)(C)C. The first-order valence-electron chi connectivity index (χ1n) is 9.95. The Bertz CT molecular complexity index is 1030. The van der Waals surface area contributed by atoms with Crippen molar-refractivity contribution in [2.24, 2.45) is 0 Å². The van der Waals surface area contributed by atoms with E-state index in [4.69, 9.17) is 9.47 Å². The number of fused-ring (bicyclic) bond motifs is 1. The van der Waals surface area contributed by atoms with Crippen molar-refractivity contribution in [1.29, 1.82) is 0 Å². The number of nitrogens with zero attached hydrogens (tertiary/aromatic N) is 2. The Hall–Kier alpha value is -3.35. The average molecular weight is 427 g/mol. The summed E-state index contributed by atoms with van der Waals surface area (Å²) in [6, 6.07) is 7.02. The number of para-hydroxylation sites is 1. The fourth-order valence-corrected chi connectivity index (χ4v) is 2.99. The van der Waals surface area contributed by atoms with Crippen LogP contribution in [0.1, 0.15) is 57.6 Å². The van der Waals surface area contributed by atoms with Crippen LogP contribution in [0, 0.1) is 0 Å². The van der Waals surface area contributed by atoms with E-state index < -0.39 is 29.3 Å². The molecule has 0 radical (unpaired) electrons. The lowest BCUT2D eigenvalue weighted by Gasteiger charge is -2.26. The number of carbonyl (C=O) groups excluding carboxylic acids is 3. The highest BCUT2D eigenvalue weighted by molar-refractivity contribution is 6.12. The number of carbonyl (C=O) groups is 3. The van der Waals surface area contributed by atoms with Crippen LogP contribution in [-0.4, -0.2) is 45.3 Å². The molecule has 31 heavy (non-hydrogen) atoms. The van der Waals surface area contributed by atoms with Gasteiger partial charge in [0.2, 0.25) is 0 Å². The molecule has 0 fully saturated rings. The maximum atomic E-state index is 13.6. The Morgan fingerprint density at radius 2 is 1.58 bits per heavy atom. The van der Waals surface area contributed by atoms with Crippen LogP contribution < -0.4 is 0 Å². The summed E-state index contributed by atoms with van der Waals surface area (Å²) in [6.07, 6.45) is 1.32. The van der Waals surface area contributed by atoms with Crippen LogP contribution in [0.4, 0.5) is 9.59 Å². The van der Waals surface area contributed by atoms with E-state index in [1.807, 2.05) is 0 Å². The largest absolute Gasteiger partial charge is 0.443 e. The Kier molecular flexibility index (Phi) is 6.79.